The van der Waals surface area contributed by atoms with E-state index >= 15 is 0 Å². The van der Waals surface area contributed by atoms with E-state index in [-0.39, 0.29) is 12.1 Å². The maximum absolute atomic E-state index is 11.3. The summed E-state index contributed by atoms with van der Waals surface area (Å²) in [4.78, 5) is 11.3. The van der Waals surface area contributed by atoms with Crippen LogP contribution in [0.5, 0.6) is 0 Å². The Bertz CT molecular complexity index is 148. The third-order valence-corrected chi connectivity index (χ3v) is 2.60. The molecule has 0 radical (unpaired) electrons. The number of ether oxygens (including phenoxy) is 1. The topological polar surface area (TPSA) is 26.3 Å². The van der Waals surface area contributed by atoms with Gasteiger partial charge in [0.25, 0.3) is 0 Å². The lowest BCUT2D eigenvalue weighted by molar-refractivity contribution is -0.148. The van der Waals surface area contributed by atoms with Crippen LogP contribution in [0.1, 0.15) is 52.4 Å². The average Bonchev–Trinajstić information content (AvgIpc) is 2.13. The zero-order chi connectivity index (χ0) is 10.8. The second-order valence-electron chi connectivity index (χ2n) is 3.59. The Morgan fingerprint density at radius 2 is 2.07 bits per heavy atom. The van der Waals surface area contributed by atoms with Crippen molar-refractivity contribution in [2.75, 3.05) is 5.33 Å². The molecule has 2 nitrogen and oxygen atoms in total. The molecule has 0 spiro atoms. The van der Waals surface area contributed by atoms with Crippen molar-refractivity contribution in [3.8, 4) is 0 Å². The smallest absolute Gasteiger partial charge is 0.306 e. The number of unbranched alkanes of at least 4 members (excludes halogenated alkanes) is 2. The highest BCUT2D eigenvalue weighted by Gasteiger charge is 2.07. The van der Waals surface area contributed by atoms with Crippen LogP contribution in [0, 0.1) is 0 Å². The zero-order valence-electron chi connectivity index (χ0n) is 9.22. The summed E-state index contributed by atoms with van der Waals surface area (Å²) in [5.74, 6) is -0.0412. The molecule has 0 rings (SSSR count). The number of carbonyl (C=O) groups is 1. The third kappa shape index (κ3) is 8.54. The van der Waals surface area contributed by atoms with Gasteiger partial charge in [0, 0.05) is 11.8 Å². The fourth-order valence-corrected chi connectivity index (χ4v) is 1.69. The fourth-order valence-electron chi connectivity index (χ4n) is 1.29. The van der Waals surface area contributed by atoms with Crippen molar-refractivity contribution < 1.29 is 9.53 Å². The minimum absolute atomic E-state index is 0.0412. The van der Waals surface area contributed by atoms with Gasteiger partial charge in [-0.05, 0) is 26.2 Å². The largest absolute Gasteiger partial charge is 0.463 e. The molecule has 0 aliphatic heterocycles. The van der Waals surface area contributed by atoms with Gasteiger partial charge in [0.15, 0.2) is 0 Å². The second-order valence-corrected chi connectivity index (χ2v) is 4.38. The quantitative estimate of drug-likeness (QED) is 0.380. The van der Waals surface area contributed by atoms with E-state index in [1.54, 1.807) is 0 Å². The molecule has 84 valence electrons. The molecular formula is C11H21BrO2. The fraction of sp³-hybridized carbons (Fsp3) is 0.909. The number of rotatable bonds is 8. The van der Waals surface area contributed by atoms with Gasteiger partial charge in [0.05, 0.1) is 6.10 Å². The van der Waals surface area contributed by atoms with E-state index in [1.165, 1.54) is 0 Å². The molecule has 0 heterocycles. The summed E-state index contributed by atoms with van der Waals surface area (Å²) in [7, 11) is 0. The van der Waals surface area contributed by atoms with Gasteiger partial charge in [-0.25, -0.2) is 0 Å². The minimum atomic E-state index is -0.0412. The van der Waals surface area contributed by atoms with E-state index < -0.39 is 0 Å². The standard InChI is InChI=1S/C11H21BrO2/c1-3-7-10(2)14-11(13)8-5-4-6-9-12/h10H,3-9H2,1-2H3. The Balaban J connectivity index is 3.35. The predicted molar refractivity (Wildman–Crippen MR) is 62.7 cm³/mol. The van der Waals surface area contributed by atoms with E-state index in [4.69, 9.17) is 4.74 Å². The van der Waals surface area contributed by atoms with Gasteiger partial charge in [-0.2, -0.15) is 0 Å². The molecule has 0 amide bonds. The summed E-state index contributed by atoms with van der Waals surface area (Å²) in [5, 5.41) is 1.02. The number of esters is 1. The van der Waals surface area contributed by atoms with Crippen molar-refractivity contribution >= 4 is 21.9 Å². The normalized spacial score (nSPS) is 12.5. The summed E-state index contributed by atoms with van der Waals surface area (Å²) >= 11 is 3.36. The summed E-state index contributed by atoms with van der Waals surface area (Å²) in [6.07, 6.45) is 5.87. The third-order valence-electron chi connectivity index (χ3n) is 2.04. The molecule has 0 N–H and O–H groups in total. The van der Waals surface area contributed by atoms with Crippen LogP contribution in [0.2, 0.25) is 0 Å². The molecule has 1 atom stereocenters. The van der Waals surface area contributed by atoms with E-state index in [0.717, 1.165) is 37.4 Å². The van der Waals surface area contributed by atoms with Crippen molar-refractivity contribution in [2.45, 2.75) is 58.5 Å². The Labute approximate surface area is 95.5 Å². The summed E-state index contributed by atoms with van der Waals surface area (Å²) < 4.78 is 5.22. The Morgan fingerprint density at radius 1 is 1.36 bits per heavy atom. The first-order valence-corrected chi connectivity index (χ1v) is 6.58. The highest BCUT2D eigenvalue weighted by Crippen LogP contribution is 2.06. The monoisotopic (exact) mass is 264 g/mol. The molecule has 0 aromatic rings. The van der Waals surface area contributed by atoms with Gasteiger partial charge in [0.2, 0.25) is 0 Å². The molecular weight excluding hydrogens is 244 g/mol. The number of hydrogen-bond acceptors (Lipinski definition) is 2. The van der Waals surface area contributed by atoms with Gasteiger partial charge in [0.1, 0.15) is 0 Å². The molecule has 0 bridgehead atoms. The first-order valence-electron chi connectivity index (χ1n) is 5.46. The van der Waals surface area contributed by atoms with Crippen molar-refractivity contribution in [1.29, 1.82) is 0 Å². The Hall–Kier alpha value is -0.0500. The molecule has 14 heavy (non-hydrogen) atoms. The zero-order valence-corrected chi connectivity index (χ0v) is 10.8. The molecule has 0 aromatic heterocycles. The Morgan fingerprint density at radius 3 is 2.64 bits per heavy atom. The van der Waals surface area contributed by atoms with Crippen LogP contribution >= 0.6 is 15.9 Å². The highest BCUT2D eigenvalue weighted by molar-refractivity contribution is 9.09. The van der Waals surface area contributed by atoms with Gasteiger partial charge in [-0.1, -0.05) is 35.7 Å². The van der Waals surface area contributed by atoms with Crippen molar-refractivity contribution in [1.82, 2.24) is 0 Å². The summed E-state index contributed by atoms with van der Waals surface area (Å²) in [6.45, 7) is 4.06. The molecule has 0 saturated heterocycles. The van der Waals surface area contributed by atoms with Crippen LogP contribution in [0.25, 0.3) is 0 Å². The lowest BCUT2D eigenvalue weighted by Gasteiger charge is -2.11. The van der Waals surface area contributed by atoms with Crippen LogP contribution in [0.4, 0.5) is 0 Å². The summed E-state index contributed by atoms with van der Waals surface area (Å²) in [6, 6.07) is 0. The number of halogens is 1. The molecule has 0 aromatic carbocycles. The van der Waals surface area contributed by atoms with E-state index in [9.17, 15) is 4.79 Å². The molecule has 0 aliphatic rings. The van der Waals surface area contributed by atoms with Crippen molar-refractivity contribution in [3.63, 3.8) is 0 Å². The minimum Gasteiger partial charge on any atom is -0.463 e. The van der Waals surface area contributed by atoms with Gasteiger partial charge < -0.3 is 4.74 Å². The van der Waals surface area contributed by atoms with Crippen LogP contribution in [-0.2, 0) is 9.53 Å². The maximum atomic E-state index is 11.3. The van der Waals surface area contributed by atoms with E-state index in [1.807, 2.05) is 6.92 Å². The number of alkyl halides is 1. The van der Waals surface area contributed by atoms with Crippen molar-refractivity contribution in [2.24, 2.45) is 0 Å². The molecule has 0 aliphatic carbocycles. The van der Waals surface area contributed by atoms with Gasteiger partial charge >= 0.3 is 5.97 Å². The number of carbonyl (C=O) groups excluding carboxylic acids is 1. The second kappa shape index (κ2) is 9.50. The number of hydrogen-bond donors (Lipinski definition) is 0. The molecule has 0 fully saturated rings. The van der Waals surface area contributed by atoms with Crippen LogP contribution in [0.3, 0.4) is 0 Å². The Kier molecular flexibility index (Phi) is 9.47. The van der Waals surface area contributed by atoms with Gasteiger partial charge in [-0.3, -0.25) is 4.79 Å². The van der Waals surface area contributed by atoms with E-state index in [0.29, 0.717) is 6.42 Å². The lowest BCUT2D eigenvalue weighted by atomic mass is 10.2. The van der Waals surface area contributed by atoms with Crippen LogP contribution in [-0.4, -0.2) is 17.4 Å². The molecule has 1 unspecified atom stereocenters. The molecule has 0 saturated carbocycles. The van der Waals surface area contributed by atoms with E-state index in [2.05, 4.69) is 22.9 Å². The van der Waals surface area contributed by atoms with Gasteiger partial charge in [-0.15, -0.1) is 0 Å². The highest BCUT2D eigenvalue weighted by atomic mass is 79.9. The average molecular weight is 265 g/mol. The SMILES string of the molecule is CCCC(C)OC(=O)CCCCCBr. The lowest BCUT2D eigenvalue weighted by Crippen LogP contribution is -2.14. The van der Waals surface area contributed by atoms with Crippen LogP contribution < -0.4 is 0 Å². The predicted octanol–water partition coefficient (Wildman–Crippen LogP) is 3.67. The van der Waals surface area contributed by atoms with Crippen LogP contribution in [0.15, 0.2) is 0 Å². The first-order chi connectivity index (χ1) is 6.70. The molecule has 3 heteroatoms. The summed E-state index contributed by atoms with van der Waals surface area (Å²) in [5.41, 5.74) is 0. The van der Waals surface area contributed by atoms with Crippen molar-refractivity contribution in [3.05, 3.63) is 0 Å². The first kappa shape index (κ1) is 13.9. The maximum Gasteiger partial charge on any atom is 0.306 e.